The number of ketones is 1. The molecule has 0 radical (unpaired) electrons. The molecule has 154 valence electrons. The quantitative estimate of drug-likeness (QED) is 0.427. The SMILES string of the molecule is CC(C)=CCC(C)=CCOc1ccc(C(=O)C(O)Cc2ccc(O)cc2)c(O)c1. The third-order valence-electron chi connectivity index (χ3n) is 4.42. The van der Waals surface area contributed by atoms with Gasteiger partial charge in [0.25, 0.3) is 0 Å². The highest BCUT2D eigenvalue weighted by atomic mass is 16.5. The van der Waals surface area contributed by atoms with E-state index in [-0.39, 0.29) is 23.5 Å². The third-order valence-corrected chi connectivity index (χ3v) is 4.42. The van der Waals surface area contributed by atoms with Gasteiger partial charge in [0, 0.05) is 12.5 Å². The second kappa shape index (κ2) is 10.5. The van der Waals surface area contributed by atoms with Gasteiger partial charge in [-0.25, -0.2) is 0 Å². The van der Waals surface area contributed by atoms with Crippen molar-refractivity contribution in [1.82, 2.24) is 0 Å². The summed E-state index contributed by atoms with van der Waals surface area (Å²) in [7, 11) is 0. The van der Waals surface area contributed by atoms with Crippen LogP contribution in [0.1, 0.15) is 43.1 Å². The first-order valence-corrected chi connectivity index (χ1v) is 9.51. The molecule has 0 saturated carbocycles. The van der Waals surface area contributed by atoms with Crippen molar-refractivity contribution in [3.05, 3.63) is 76.9 Å². The number of benzene rings is 2. The highest BCUT2D eigenvalue weighted by molar-refractivity contribution is 6.01. The molecule has 0 saturated heterocycles. The molecule has 2 aromatic carbocycles. The number of rotatable bonds is 9. The number of hydrogen-bond acceptors (Lipinski definition) is 5. The fraction of sp³-hybridized carbons (Fsp3) is 0.292. The first-order chi connectivity index (χ1) is 13.8. The van der Waals surface area contributed by atoms with Gasteiger partial charge in [0.05, 0.1) is 5.56 Å². The van der Waals surface area contributed by atoms with Gasteiger partial charge in [0.1, 0.15) is 30.0 Å². The number of hydrogen-bond donors (Lipinski definition) is 3. The lowest BCUT2D eigenvalue weighted by Crippen LogP contribution is -2.23. The Bertz CT molecular complexity index is 890. The summed E-state index contributed by atoms with van der Waals surface area (Å²) >= 11 is 0. The highest BCUT2D eigenvalue weighted by Gasteiger charge is 2.21. The number of Topliss-reactive ketones (excluding diaryl/α,β-unsaturated/α-hetero) is 1. The van der Waals surface area contributed by atoms with Crippen LogP contribution in [0.3, 0.4) is 0 Å². The van der Waals surface area contributed by atoms with Gasteiger partial charge in [-0.15, -0.1) is 0 Å². The number of phenolic OH excluding ortho intramolecular Hbond substituents is 2. The molecule has 29 heavy (non-hydrogen) atoms. The molecule has 2 rings (SSSR count). The van der Waals surface area contributed by atoms with Crippen molar-refractivity contribution in [2.24, 2.45) is 0 Å². The number of ether oxygens (including phenoxy) is 1. The number of carbonyl (C=O) groups excluding carboxylic acids is 1. The van der Waals surface area contributed by atoms with Crippen LogP contribution < -0.4 is 4.74 Å². The second-order valence-corrected chi connectivity index (χ2v) is 7.28. The number of allylic oxidation sites excluding steroid dienone is 3. The first kappa shape index (κ1) is 22.2. The minimum Gasteiger partial charge on any atom is -0.508 e. The smallest absolute Gasteiger partial charge is 0.195 e. The summed E-state index contributed by atoms with van der Waals surface area (Å²) < 4.78 is 5.61. The van der Waals surface area contributed by atoms with Crippen molar-refractivity contribution in [1.29, 1.82) is 0 Å². The Morgan fingerprint density at radius 3 is 2.34 bits per heavy atom. The summed E-state index contributed by atoms with van der Waals surface area (Å²) in [5, 5.41) is 29.7. The zero-order valence-corrected chi connectivity index (χ0v) is 17.1. The lowest BCUT2D eigenvalue weighted by Gasteiger charge is -2.12. The molecule has 1 unspecified atom stereocenters. The van der Waals surface area contributed by atoms with Crippen molar-refractivity contribution >= 4 is 5.78 Å². The third kappa shape index (κ3) is 7.12. The van der Waals surface area contributed by atoms with E-state index in [1.807, 2.05) is 13.0 Å². The summed E-state index contributed by atoms with van der Waals surface area (Å²) in [5.41, 5.74) is 3.19. The van der Waals surface area contributed by atoms with Crippen LogP contribution in [-0.4, -0.2) is 33.8 Å². The fourth-order valence-electron chi connectivity index (χ4n) is 2.67. The maximum atomic E-state index is 12.5. The van der Waals surface area contributed by atoms with Gasteiger partial charge in [-0.1, -0.05) is 29.4 Å². The van der Waals surface area contributed by atoms with Gasteiger partial charge in [0.2, 0.25) is 0 Å². The van der Waals surface area contributed by atoms with Crippen molar-refractivity contribution in [2.45, 2.75) is 39.7 Å². The van der Waals surface area contributed by atoms with Crippen LogP contribution in [0.15, 0.2) is 65.8 Å². The van der Waals surface area contributed by atoms with Gasteiger partial charge in [0.15, 0.2) is 5.78 Å². The Morgan fingerprint density at radius 1 is 1.03 bits per heavy atom. The summed E-state index contributed by atoms with van der Waals surface area (Å²) in [4.78, 5) is 12.5. The molecule has 0 aliphatic rings. The molecule has 0 aromatic heterocycles. The topological polar surface area (TPSA) is 87.0 Å². The Hall–Kier alpha value is -3.05. The van der Waals surface area contributed by atoms with Crippen LogP contribution in [0.2, 0.25) is 0 Å². The van der Waals surface area contributed by atoms with Gasteiger partial charge >= 0.3 is 0 Å². The molecular formula is C24H28O5. The number of aliphatic hydroxyl groups excluding tert-OH is 1. The largest absolute Gasteiger partial charge is 0.508 e. The van der Waals surface area contributed by atoms with E-state index < -0.39 is 11.9 Å². The molecule has 5 heteroatoms. The van der Waals surface area contributed by atoms with Gasteiger partial charge in [-0.05, 0) is 63.1 Å². The number of phenols is 2. The normalized spacial score (nSPS) is 12.3. The zero-order valence-electron chi connectivity index (χ0n) is 17.1. The minimum absolute atomic E-state index is 0.0407. The van der Waals surface area contributed by atoms with E-state index >= 15 is 0 Å². The van der Waals surface area contributed by atoms with Crippen LogP contribution >= 0.6 is 0 Å². The highest BCUT2D eigenvalue weighted by Crippen LogP contribution is 2.25. The summed E-state index contributed by atoms with van der Waals surface area (Å²) in [6.07, 6.45) is 3.77. The zero-order chi connectivity index (χ0) is 21.4. The van der Waals surface area contributed by atoms with E-state index in [2.05, 4.69) is 19.9 Å². The number of aliphatic hydroxyl groups is 1. The van der Waals surface area contributed by atoms with Crippen LogP contribution in [0.4, 0.5) is 0 Å². The maximum absolute atomic E-state index is 12.5. The lowest BCUT2D eigenvalue weighted by atomic mass is 9.99. The molecule has 2 aromatic rings. The Kier molecular flexibility index (Phi) is 8.04. The first-order valence-electron chi connectivity index (χ1n) is 9.51. The van der Waals surface area contributed by atoms with E-state index in [1.54, 1.807) is 18.2 Å². The van der Waals surface area contributed by atoms with Crippen LogP contribution in [0, 0.1) is 0 Å². The van der Waals surface area contributed by atoms with Crippen LogP contribution in [-0.2, 0) is 6.42 Å². The van der Waals surface area contributed by atoms with Crippen molar-refractivity contribution in [2.75, 3.05) is 6.61 Å². The summed E-state index contributed by atoms with van der Waals surface area (Å²) in [5.74, 6) is -0.245. The number of aromatic hydroxyl groups is 2. The van der Waals surface area contributed by atoms with E-state index in [0.29, 0.717) is 17.9 Å². The molecule has 1 atom stereocenters. The van der Waals surface area contributed by atoms with Crippen molar-refractivity contribution in [3.63, 3.8) is 0 Å². The van der Waals surface area contributed by atoms with Gasteiger partial charge < -0.3 is 20.1 Å². The summed E-state index contributed by atoms with van der Waals surface area (Å²) in [6, 6.07) is 10.7. The molecular weight excluding hydrogens is 368 g/mol. The predicted molar refractivity (Wildman–Crippen MR) is 114 cm³/mol. The number of carbonyl (C=O) groups is 1. The molecule has 5 nitrogen and oxygen atoms in total. The van der Waals surface area contributed by atoms with E-state index in [0.717, 1.165) is 6.42 Å². The van der Waals surface area contributed by atoms with E-state index in [9.17, 15) is 20.1 Å². The Labute approximate surface area is 171 Å². The average Bonchev–Trinajstić information content (AvgIpc) is 2.67. The maximum Gasteiger partial charge on any atom is 0.195 e. The summed E-state index contributed by atoms with van der Waals surface area (Å²) in [6.45, 7) is 6.49. The predicted octanol–water partition coefficient (Wildman–Crippen LogP) is 4.57. The molecule has 0 amide bonds. The monoisotopic (exact) mass is 396 g/mol. The van der Waals surface area contributed by atoms with Crippen molar-refractivity contribution in [3.8, 4) is 17.2 Å². The molecule has 0 spiro atoms. The lowest BCUT2D eigenvalue weighted by molar-refractivity contribution is 0.0745. The Balaban J connectivity index is 1.97. The van der Waals surface area contributed by atoms with Gasteiger partial charge in [-0.3, -0.25) is 4.79 Å². The average molecular weight is 396 g/mol. The fourth-order valence-corrected chi connectivity index (χ4v) is 2.67. The van der Waals surface area contributed by atoms with E-state index in [4.69, 9.17) is 4.74 Å². The molecule has 0 fully saturated rings. The van der Waals surface area contributed by atoms with E-state index in [1.165, 1.54) is 35.4 Å². The molecule has 3 N–H and O–H groups in total. The van der Waals surface area contributed by atoms with Crippen LogP contribution in [0.5, 0.6) is 17.2 Å². The molecule has 0 bridgehead atoms. The van der Waals surface area contributed by atoms with Crippen LogP contribution in [0.25, 0.3) is 0 Å². The minimum atomic E-state index is -1.29. The van der Waals surface area contributed by atoms with Gasteiger partial charge in [-0.2, -0.15) is 0 Å². The molecule has 0 aliphatic heterocycles. The second-order valence-electron chi connectivity index (χ2n) is 7.28. The van der Waals surface area contributed by atoms with Crippen molar-refractivity contribution < 1.29 is 24.9 Å². The Morgan fingerprint density at radius 2 is 1.72 bits per heavy atom. The molecule has 0 heterocycles. The standard InChI is InChI=1S/C24H28O5/c1-16(2)4-5-17(3)12-13-29-20-10-11-21(22(26)15-20)24(28)23(27)14-18-6-8-19(25)9-7-18/h4,6-12,15,23,25-27H,5,13-14H2,1-3H3. The molecule has 0 aliphatic carbocycles.